The van der Waals surface area contributed by atoms with Gasteiger partial charge in [0.2, 0.25) is 10.0 Å². The van der Waals surface area contributed by atoms with Crippen LogP contribution in [0, 0.1) is 6.92 Å². The molecule has 0 radical (unpaired) electrons. The van der Waals surface area contributed by atoms with Crippen LogP contribution in [0.15, 0.2) is 53.4 Å². The molecule has 2 aromatic rings. The number of benzene rings is 2. The Labute approximate surface area is 126 Å². The highest BCUT2D eigenvalue weighted by molar-refractivity contribution is 7.89. The van der Waals surface area contributed by atoms with Crippen molar-refractivity contribution in [1.29, 1.82) is 0 Å². The van der Waals surface area contributed by atoms with Gasteiger partial charge in [0, 0.05) is 13.1 Å². The van der Waals surface area contributed by atoms with Gasteiger partial charge in [0.25, 0.3) is 0 Å². The maximum Gasteiger partial charge on any atom is 0.240 e. The van der Waals surface area contributed by atoms with Crippen LogP contribution in [0.1, 0.15) is 16.7 Å². The molecular formula is C16H20N2O2S. The number of nitrogens with one attached hydrogen (secondary N) is 2. The van der Waals surface area contributed by atoms with Gasteiger partial charge in [-0.3, -0.25) is 0 Å². The lowest BCUT2D eigenvalue weighted by molar-refractivity contribution is 0.581. The smallest absolute Gasteiger partial charge is 0.240 e. The third-order valence-electron chi connectivity index (χ3n) is 3.16. The fourth-order valence-electron chi connectivity index (χ4n) is 2.07. The van der Waals surface area contributed by atoms with Crippen LogP contribution in [0.25, 0.3) is 0 Å². The van der Waals surface area contributed by atoms with Crippen molar-refractivity contribution in [3.05, 3.63) is 65.2 Å². The maximum absolute atomic E-state index is 12.2. The van der Waals surface area contributed by atoms with Gasteiger partial charge in [0.1, 0.15) is 0 Å². The topological polar surface area (TPSA) is 58.2 Å². The highest BCUT2D eigenvalue weighted by Gasteiger charge is 2.13. The number of aryl methyl sites for hydroxylation is 1. The zero-order valence-electron chi connectivity index (χ0n) is 12.3. The molecule has 0 heterocycles. The van der Waals surface area contributed by atoms with Crippen LogP contribution in [-0.4, -0.2) is 15.5 Å². The standard InChI is InChI=1S/C16H20N2O2S/c1-13-4-3-5-15(10-13)12-18-21(19,20)16-8-6-14(7-9-16)11-17-2/h3-10,17-18H,11-12H2,1-2H3. The molecular weight excluding hydrogens is 284 g/mol. The van der Waals surface area contributed by atoms with Gasteiger partial charge in [-0.05, 0) is 37.2 Å². The Morgan fingerprint density at radius 3 is 2.29 bits per heavy atom. The quantitative estimate of drug-likeness (QED) is 0.860. The van der Waals surface area contributed by atoms with Crippen molar-refractivity contribution in [3.63, 3.8) is 0 Å². The van der Waals surface area contributed by atoms with Gasteiger partial charge in [-0.2, -0.15) is 0 Å². The first kappa shape index (κ1) is 15.7. The average Bonchev–Trinajstić information content (AvgIpc) is 2.46. The highest BCUT2D eigenvalue weighted by Crippen LogP contribution is 2.12. The lowest BCUT2D eigenvalue weighted by Crippen LogP contribution is -2.23. The predicted molar refractivity (Wildman–Crippen MR) is 84.4 cm³/mol. The average molecular weight is 304 g/mol. The molecule has 0 amide bonds. The summed E-state index contributed by atoms with van der Waals surface area (Å²) in [7, 11) is -1.62. The summed E-state index contributed by atoms with van der Waals surface area (Å²) in [6.07, 6.45) is 0. The monoisotopic (exact) mass is 304 g/mol. The number of hydrogen-bond acceptors (Lipinski definition) is 3. The molecule has 0 aliphatic rings. The van der Waals surface area contributed by atoms with Gasteiger partial charge in [-0.15, -0.1) is 0 Å². The lowest BCUT2D eigenvalue weighted by atomic mass is 10.1. The number of sulfonamides is 1. The van der Waals surface area contributed by atoms with E-state index >= 15 is 0 Å². The minimum absolute atomic E-state index is 0.287. The molecule has 0 aliphatic carbocycles. The first-order valence-corrected chi connectivity index (χ1v) is 8.28. The van der Waals surface area contributed by atoms with Crippen molar-refractivity contribution in [1.82, 2.24) is 10.0 Å². The van der Waals surface area contributed by atoms with Crippen molar-refractivity contribution in [2.45, 2.75) is 24.9 Å². The van der Waals surface area contributed by atoms with Gasteiger partial charge in [0.05, 0.1) is 4.90 Å². The second kappa shape index (κ2) is 6.85. The molecule has 5 heteroatoms. The molecule has 2 N–H and O–H groups in total. The molecule has 0 aliphatic heterocycles. The summed E-state index contributed by atoms with van der Waals surface area (Å²) in [5, 5.41) is 3.03. The zero-order chi connectivity index (χ0) is 15.3. The van der Waals surface area contributed by atoms with Crippen LogP contribution < -0.4 is 10.0 Å². The molecule has 0 fully saturated rings. The van der Waals surface area contributed by atoms with E-state index in [1.807, 2.05) is 50.4 Å². The van der Waals surface area contributed by atoms with E-state index in [-0.39, 0.29) is 4.90 Å². The molecule has 0 saturated heterocycles. The van der Waals surface area contributed by atoms with Gasteiger partial charge >= 0.3 is 0 Å². The van der Waals surface area contributed by atoms with Crippen LogP contribution >= 0.6 is 0 Å². The normalized spacial score (nSPS) is 11.5. The Balaban J connectivity index is 2.07. The summed E-state index contributed by atoms with van der Waals surface area (Å²) >= 11 is 0. The lowest BCUT2D eigenvalue weighted by Gasteiger charge is -2.08. The van der Waals surface area contributed by atoms with Crippen LogP contribution in [-0.2, 0) is 23.1 Å². The largest absolute Gasteiger partial charge is 0.316 e. The molecule has 2 aromatic carbocycles. The summed E-state index contributed by atoms with van der Waals surface area (Å²) in [5.74, 6) is 0. The fourth-order valence-corrected chi connectivity index (χ4v) is 3.09. The predicted octanol–water partition coefficient (Wildman–Crippen LogP) is 2.19. The number of hydrogen-bond donors (Lipinski definition) is 2. The van der Waals surface area contributed by atoms with Crippen molar-refractivity contribution in [3.8, 4) is 0 Å². The Bertz CT molecular complexity index is 694. The summed E-state index contributed by atoms with van der Waals surface area (Å²) in [4.78, 5) is 0.287. The van der Waals surface area contributed by atoms with E-state index in [0.717, 1.165) is 23.2 Å². The van der Waals surface area contributed by atoms with Crippen LogP contribution in [0.5, 0.6) is 0 Å². The molecule has 21 heavy (non-hydrogen) atoms. The second-order valence-corrected chi connectivity index (χ2v) is 6.75. The van der Waals surface area contributed by atoms with E-state index in [0.29, 0.717) is 6.54 Å². The summed E-state index contributed by atoms with van der Waals surface area (Å²) in [6, 6.07) is 14.7. The molecule has 0 bridgehead atoms. The van der Waals surface area contributed by atoms with E-state index in [4.69, 9.17) is 0 Å². The van der Waals surface area contributed by atoms with Crippen molar-refractivity contribution >= 4 is 10.0 Å². The minimum atomic E-state index is -3.47. The summed E-state index contributed by atoms with van der Waals surface area (Å²) in [5.41, 5.74) is 3.11. The third kappa shape index (κ3) is 4.39. The Morgan fingerprint density at radius 1 is 0.952 bits per heavy atom. The molecule has 0 saturated carbocycles. The molecule has 112 valence electrons. The van der Waals surface area contributed by atoms with E-state index < -0.39 is 10.0 Å². The molecule has 2 rings (SSSR count). The van der Waals surface area contributed by atoms with Crippen molar-refractivity contribution in [2.24, 2.45) is 0 Å². The van der Waals surface area contributed by atoms with Gasteiger partial charge < -0.3 is 5.32 Å². The minimum Gasteiger partial charge on any atom is -0.316 e. The van der Waals surface area contributed by atoms with Gasteiger partial charge in [-0.1, -0.05) is 42.0 Å². The molecule has 0 aromatic heterocycles. The zero-order valence-corrected chi connectivity index (χ0v) is 13.1. The molecule has 0 atom stereocenters. The van der Waals surface area contributed by atoms with E-state index in [2.05, 4.69) is 10.0 Å². The van der Waals surface area contributed by atoms with Crippen LogP contribution in [0.3, 0.4) is 0 Å². The Morgan fingerprint density at radius 2 is 1.67 bits per heavy atom. The van der Waals surface area contributed by atoms with E-state index in [1.165, 1.54) is 0 Å². The van der Waals surface area contributed by atoms with Gasteiger partial charge in [-0.25, -0.2) is 13.1 Å². The van der Waals surface area contributed by atoms with Gasteiger partial charge in [0.15, 0.2) is 0 Å². The fraction of sp³-hybridized carbons (Fsp3) is 0.250. The van der Waals surface area contributed by atoms with Crippen molar-refractivity contribution < 1.29 is 8.42 Å². The second-order valence-electron chi connectivity index (χ2n) is 4.99. The first-order chi connectivity index (χ1) is 10.0. The van der Waals surface area contributed by atoms with Crippen LogP contribution in [0.4, 0.5) is 0 Å². The first-order valence-electron chi connectivity index (χ1n) is 6.80. The maximum atomic E-state index is 12.2. The molecule has 0 unspecified atom stereocenters. The number of rotatable bonds is 6. The molecule has 0 spiro atoms. The van der Waals surface area contributed by atoms with E-state index in [1.54, 1.807) is 12.1 Å². The van der Waals surface area contributed by atoms with Crippen molar-refractivity contribution in [2.75, 3.05) is 7.05 Å². The third-order valence-corrected chi connectivity index (χ3v) is 4.58. The molecule has 4 nitrogen and oxygen atoms in total. The SMILES string of the molecule is CNCc1ccc(S(=O)(=O)NCc2cccc(C)c2)cc1. The van der Waals surface area contributed by atoms with Crippen LogP contribution in [0.2, 0.25) is 0 Å². The summed E-state index contributed by atoms with van der Waals surface area (Å²) in [6.45, 7) is 3.00. The Hall–Kier alpha value is -1.69. The summed E-state index contributed by atoms with van der Waals surface area (Å²) < 4.78 is 27.1. The Kier molecular flexibility index (Phi) is 5.12. The highest BCUT2D eigenvalue weighted by atomic mass is 32.2. The van der Waals surface area contributed by atoms with E-state index in [9.17, 15) is 8.42 Å².